The Bertz CT molecular complexity index is 528. The average molecular weight is 280 g/mol. The Hall–Kier alpha value is -1.96. The third-order valence-electron chi connectivity index (χ3n) is 4.88. The van der Waals surface area contributed by atoms with Crippen LogP contribution in [0.4, 0.5) is 11.4 Å². The van der Waals surface area contributed by atoms with Crippen molar-refractivity contribution >= 4 is 11.4 Å². The zero-order chi connectivity index (χ0) is 14.7. The van der Waals surface area contributed by atoms with Crippen LogP contribution in [0.3, 0.4) is 0 Å². The molecule has 1 saturated carbocycles. The number of anilines is 2. The minimum Gasteiger partial charge on any atom is -0.399 e. The van der Waals surface area contributed by atoms with Gasteiger partial charge in [-0.3, -0.25) is 0 Å². The highest BCUT2D eigenvalue weighted by atomic mass is 14.5. The topological polar surface area (TPSA) is 52.0 Å². The van der Waals surface area contributed by atoms with Crippen LogP contribution in [-0.2, 0) is 5.41 Å². The maximum Gasteiger partial charge on any atom is 0.0314 e. The highest BCUT2D eigenvalue weighted by Gasteiger charge is 2.34. The summed E-state index contributed by atoms with van der Waals surface area (Å²) < 4.78 is 0. The zero-order valence-electron chi connectivity index (χ0n) is 12.5. The third kappa shape index (κ3) is 2.76. The van der Waals surface area contributed by atoms with Crippen molar-refractivity contribution in [1.82, 2.24) is 0 Å². The molecule has 0 aromatic heterocycles. The van der Waals surface area contributed by atoms with Gasteiger partial charge in [-0.25, -0.2) is 0 Å². The van der Waals surface area contributed by atoms with Crippen molar-refractivity contribution < 1.29 is 0 Å². The molecule has 21 heavy (non-hydrogen) atoms. The molecule has 3 rings (SSSR count). The molecule has 0 bridgehead atoms. The molecule has 0 atom stereocenters. The van der Waals surface area contributed by atoms with E-state index < -0.39 is 0 Å². The van der Waals surface area contributed by atoms with Gasteiger partial charge in [-0.15, -0.1) is 0 Å². The van der Waals surface area contributed by atoms with Crippen LogP contribution < -0.4 is 11.5 Å². The number of benzene rings is 2. The van der Waals surface area contributed by atoms with Gasteiger partial charge in [-0.05, 0) is 48.2 Å². The van der Waals surface area contributed by atoms with Crippen molar-refractivity contribution in [3.8, 4) is 0 Å². The molecule has 0 aliphatic heterocycles. The van der Waals surface area contributed by atoms with Gasteiger partial charge in [0, 0.05) is 16.8 Å². The van der Waals surface area contributed by atoms with Gasteiger partial charge in [0.2, 0.25) is 0 Å². The fraction of sp³-hybridized carbons (Fsp3) is 0.368. The lowest BCUT2D eigenvalue weighted by atomic mass is 9.69. The quantitative estimate of drug-likeness (QED) is 0.629. The molecule has 0 saturated heterocycles. The second-order valence-electron chi connectivity index (χ2n) is 6.24. The van der Waals surface area contributed by atoms with Crippen LogP contribution in [0.25, 0.3) is 0 Å². The Morgan fingerprint density at radius 1 is 0.571 bits per heavy atom. The fourth-order valence-corrected chi connectivity index (χ4v) is 3.68. The van der Waals surface area contributed by atoms with Crippen molar-refractivity contribution in [2.75, 3.05) is 11.5 Å². The molecule has 0 heterocycles. The van der Waals surface area contributed by atoms with Gasteiger partial charge in [0.25, 0.3) is 0 Å². The average Bonchev–Trinajstić information content (AvgIpc) is 2.75. The van der Waals surface area contributed by atoms with Crippen LogP contribution in [0.5, 0.6) is 0 Å². The summed E-state index contributed by atoms with van der Waals surface area (Å²) >= 11 is 0. The Balaban J connectivity index is 2.09. The monoisotopic (exact) mass is 280 g/mol. The summed E-state index contributed by atoms with van der Waals surface area (Å²) in [6.07, 6.45) is 7.67. The predicted molar refractivity (Wildman–Crippen MR) is 90.2 cm³/mol. The molecular weight excluding hydrogens is 256 g/mol. The van der Waals surface area contributed by atoms with E-state index in [1.54, 1.807) is 0 Å². The second kappa shape index (κ2) is 5.80. The van der Waals surface area contributed by atoms with E-state index in [-0.39, 0.29) is 5.41 Å². The van der Waals surface area contributed by atoms with Gasteiger partial charge < -0.3 is 11.5 Å². The van der Waals surface area contributed by atoms with Crippen LogP contribution in [0, 0.1) is 0 Å². The van der Waals surface area contributed by atoms with E-state index in [1.807, 2.05) is 24.3 Å². The van der Waals surface area contributed by atoms with Crippen LogP contribution in [0.15, 0.2) is 48.5 Å². The number of nitrogens with two attached hydrogens (primary N) is 2. The molecule has 0 radical (unpaired) electrons. The first-order valence-electron chi connectivity index (χ1n) is 7.93. The summed E-state index contributed by atoms with van der Waals surface area (Å²) in [5.41, 5.74) is 16.3. The first kappa shape index (κ1) is 14.0. The lowest BCUT2D eigenvalue weighted by Gasteiger charge is -2.34. The van der Waals surface area contributed by atoms with E-state index >= 15 is 0 Å². The van der Waals surface area contributed by atoms with Gasteiger partial charge in [-0.2, -0.15) is 0 Å². The molecule has 1 aliphatic rings. The van der Waals surface area contributed by atoms with E-state index in [2.05, 4.69) is 24.3 Å². The Labute approximate surface area is 127 Å². The van der Waals surface area contributed by atoms with E-state index in [1.165, 1.54) is 49.7 Å². The van der Waals surface area contributed by atoms with Crippen LogP contribution >= 0.6 is 0 Å². The van der Waals surface area contributed by atoms with Gasteiger partial charge in [0.05, 0.1) is 0 Å². The lowest BCUT2D eigenvalue weighted by molar-refractivity contribution is 0.446. The van der Waals surface area contributed by atoms with Crippen molar-refractivity contribution in [3.05, 3.63) is 59.7 Å². The highest BCUT2D eigenvalue weighted by molar-refractivity contribution is 5.48. The van der Waals surface area contributed by atoms with Crippen LogP contribution in [-0.4, -0.2) is 0 Å². The van der Waals surface area contributed by atoms with Crippen molar-refractivity contribution in [3.63, 3.8) is 0 Å². The molecule has 4 N–H and O–H groups in total. The maximum absolute atomic E-state index is 5.87. The van der Waals surface area contributed by atoms with Crippen LogP contribution in [0.1, 0.15) is 49.7 Å². The molecule has 2 aromatic rings. The van der Waals surface area contributed by atoms with E-state index in [9.17, 15) is 0 Å². The first-order chi connectivity index (χ1) is 10.2. The molecular formula is C19H24N2. The SMILES string of the molecule is Nc1ccc(C2(c3ccc(N)cc3)CCCCCC2)cc1. The molecule has 0 spiro atoms. The smallest absolute Gasteiger partial charge is 0.0314 e. The highest BCUT2D eigenvalue weighted by Crippen LogP contribution is 2.44. The zero-order valence-corrected chi connectivity index (χ0v) is 12.5. The van der Waals surface area contributed by atoms with E-state index in [0.717, 1.165) is 11.4 Å². The summed E-state index contributed by atoms with van der Waals surface area (Å²) in [7, 11) is 0. The summed E-state index contributed by atoms with van der Waals surface area (Å²) in [4.78, 5) is 0. The fourth-order valence-electron chi connectivity index (χ4n) is 3.68. The summed E-state index contributed by atoms with van der Waals surface area (Å²) in [5, 5.41) is 0. The van der Waals surface area contributed by atoms with Crippen molar-refractivity contribution in [1.29, 1.82) is 0 Å². The molecule has 2 nitrogen and oxygen atoms in total. The minimum absolute atomic E-state index is 0.123. The third-order valence-corrected chi connectivity index (χ3v) is 4.88. The summed E-state index contributed by atoms with van der Waals surface area (Å²) in [6.45, 7) is 0. The second-order valence-corrected chi connectivity index (χ2v) is 6.24. The molecule has 0 unspecified atom stereocenters. The molecule has 0 amide bonds. The number of nitrogen functional groups attached to an aromatic ring is 2. The van der Waals surface area contributed by atoms with E-state index in [0.29, 0.717) is 0 Å². The standard InChI is InChI=1S/C19H24N2/c20-17-9-5-15(6-10-17)19(13-3-1-2-4-14-19)16-7-11-18(21)12-8-16/h5-12H,1-4,13-14,20-21H2. The first-order valence-corrected chi connectivity index (χ1v) is 7.93. The lowest BCUT2D eigenvalue weighted by Crippen LogP contribution is -2.27. The van der Waals surface area contributed by atoms with Gasteiger partial charge in [0.1, 0.15) is 0 Å². The largest absolute Gasteiger partial charge is 0.399 e. The predicted octanol–water partition coefficient (Wildman–Crippen LogP) is 4.49. The van der Waals surface area contributed by atoms with Gasteiger partial charge in [-0.1, -0.05) is 49.9 Å². The Morgan fingerprint density at radius 3 is 1.33 bits per heavy atom. The molecule has 2 aromatic carbocycles. The minimum atomic E-state index is 0.123. The molecule has 1 fully saturated rings. The van der Waals surface area contributed by atoms with Gasteiger partial charge in [0.15, 0.2) is 0 Å². The van der Waals surface area contributed by atoms with Crippen molar-refractivity contribution in [2.45, 2.75) is 43.9 Å². The van der Waals surface area contributed by atoms with Gasteiger partial charge >= 0.3 is 0 Å². The number of hydrogen-bond acceptors (Lipinski definition) is 2. The van der Waals surface area contributed by atoms with Crippen molar-refractivity contribution in [2.24, 2.45) is 0 Å². The van der Waals surface area contributed by atoms with Crippen LogP contribution in [0.2, 0.25) is 0 Å². The Morgan fingerprint density at radius 2 is 0.952 bits per heavy atom. The molecule has 110 valence electrons. The summed E-state index contributed by atoms with van der Waals surface area (Å²) in [6, 6.07) is 16.9. The summed E-state index contributed by atoms with van der Waals surface area (Å²) in [5.74, 6) is 0. The Kier molecular flexibility index (Phi) is 3.87. The molecule has 2 heteroatoms. The number of rotatable bonds is 2. The number of hydrogen-bond donors (Lipinski definition) is 2. The van der Waals surface area contributed by atoms with E-state index in [4.69, 9.17) is 11.5 Å². The normalized spacial score (nSPS) is 18.1. The molecule has 1 aliphatic carbocycles. The maximum atomic E-state index is 5.87.